The van der Waals surface area contributed by atoms with Crippen LogP contribution in [-0.2, 0) is 0 Å². The van der Waals surface area contributed by atoms with E-state index in [0.29, 0.717) is 0 Å². The summed E-state index contributed by atoms with van der Waals surface area (Å²) in [6, 6.07) is 11.0. The number of benzene rings is 3. The minimum atomic E-state index is -0.958. The zero-order valence-electron chi connectivity index (χ0n) is 13.1. The van der Waals surface area contributed by atoms with Gasteiger partial charge in [0.2, 0.25) is 0 Å². The molecule has 0 aliphatic carbocycles. The molecule has 3 aromatic carbocycles. The molecule has 0 spiro atoms. The van der Waals surface area contributed by atoms with Crippen LogP contribution in [-0.4, -0.2) is 5.84 Å². The summed E-state index contributed by atoms with van der Waals surface area (Å²) >= 11 is 0. The van der Waals surface area contributed by atoms with Gasteiger partial charge in [0.25, 0.3) is 0 Å². The van der Waals surface area contributed by atoms with Crippen LogP contribution in [0.5, 0.6) is 0 Å². The van der Waals surface area contributed by atoms with E-state index in [1.165, 1.54) is 18.2 Å². The standard InChI is InChI=1S/C19H11F5N2/c20-12-9-7-11(8-10-12)19(25-17-13(21)3-1-4-14(17)22)26-18-15(23)5-2-6-16(18)24/h1-10H,(H,25,26). The van der Waals surface area contributed by atoms with Crippen LogP contribution in [0.4, 0.5) is 33.3 Å². The molecule has 132 valence electrons. The van der Waals surface area contributed by atoms with Crippen molar-refractivity contribution in [1.29, 1.82) is 0 Å². The fourth-order valence-corrected chi connectivity index (χ4v) is 2.22. The fourth-order valence-electron chi connectivity index (χ4n) is 2.22. The van der Waals surface area contributed by atoms with Crippen LogP contribution in [0.2, 0.25) is 0 Å². The number of nitrogens with one attached hydrogen (secondary N) is 1. The summed E-state index contributed by atoms with van der Waals surface area (Å²) in [4.78, 5) is 3.83. The molecule has 26 heavy (non-hydrogen) atoms. The minimum Gasteiger partial charge on any atom is -0.335 e. The molecular weight excluding hydrogens is 351 g/mol. The van der Waals surface area contributed by atoms with E-state index in [2.05, 4.69) is 10.3 Å². The molecule has 1 N–H and O–H groups in total. The summed E-state index contributed by atoms with van der Waals surface area (Å²) < 4.78 is 68.8. The molecule has 0 amide bonds. The zero-order valence-corrected chi connectivity index (χ0v) is 13.1. The zero-order chi connectivity index (χ0) is 18.7. The lowest BCUT2D eigenvalue weighted by atomic mass is 10.2. The van der Waals surface area contributed by atoms with E-state index in [4.69, 9.17) is 0 Å². The highest BCUT2D eigenvalue weighted by Gasteiger charge is 2.15. The predicted octanol–water partition coefficient (Wildman–Crippen LogP) is 5.57. The number of para-hydroxylation sites is 2. The average molecular weight is 362 g/mol. The largest absolute Gasteiger partial charge is 0.335 e. The van der Waals surface area contributed by atoms with E-state index >= 15 is 0 Å². The first-order chi connectivity index (χ1) is 12.5. The van der Waals surface area contributed by atoms with Gasteiger partial charge in [-0.1, -0.05) is 12.1 Å². The quantitative estimate of drug-likeness (QED) is 0.368. The summed E-state index contributed by atoms with van der Waals surface area (Å²) in [7, 11) is 0. The maximum atomic E-state index is 13.9. The Morgan fingerprint density at radius 2 is 1.15 bits per heavy atom. The topological polar surface area (TPSA) is 24.4 Å². The molecule has 0 fully saturated rings. The van der Waals surface area contributed by atoms with Crippen molar-refractivity contribution in [2.75, 3.05) is 5.32 Å². The monoisotopic (exact) mass is 362 g/mol. The molecule has 0 heterocycles. The average Bonchev–Trinajstić information content (AvgIpc) is 2.60. The number of amidine groups is 1. The molecule has 0 aliphatic heterocycles. The van der Waals surface area contributed by atoms with Crippen LogP contribution in [0.25, 0.3) is 0 Å². The molecule has 0 saturated heterocycles. The lowest BCUT2D eigenvalue weighted by Crippen LogP contribution is -2.16. The maximum Gasteiger partial charge on any atom is 0.151 e. The highest BCUT2D eigenvalue weighted by Crippen LogP contribution is 2.25. The van der Waals surface area contributed by atoms with Crippen LogP contribution in [0.15, 0.2) is 65.7 Å². The number of nitrogens with zero attached hydrogens (tertiary/aromatic N) is 1. The van der Waals surface area contributed by atoms with Crippen LogP contribution in [0.3, 0.4) is 0 Å². The molecule has 0 aromatic heterocycles. The molecule has 7 heteroatoms. The van der Waals surface area contributed by atoms with Gasteiger partial charge in [-0.05, 0) is 48.5 Å². The van der Waals surface area contributed by atoms with E-state index in [1.54, 1.807) is 0 Å². The van der Waals surface area contributed by atoms with Gasteiger partial charge in [0.05, 0.1) is 0 Å². The summed E-state index contributed by atoms with van der Waals surface area (Å²) in [5, 5.41) is 2.40. The van der Waals surface area contributed by atoms with Crippen molar-refractivity contribution in [3.8, 4) is 0 Å². The highest BCUT2D eigenvalue weighted by atomic mass is 19.1. The summed E-state index contributed by atoms with van der Waals surface area (Å²) in [5.41, 5.74) is -1.01. The third-order valence-corrected chi connectivity index (χ3v) is 3.48. The number of hydrogen-bond donors (Lipinski definition) is 1. The second kappa shape index (κ2) is 7.35. The maximum absolute atomic E-state index is 13.9. The van der Waals surface area contributed by atoms with E-state index in [-0.39, 0.29) is 11.4 Å². The summed E-state index contributed by atoms with van der Waals surface area (Å²) in [6.07, 6.45) is 0. The highest BCUT2D eigenvalue weighted by molar-refractivity contribution is 6.09. The van der Waals surface area contributed by atoms with Crippen molar-refractivity contribution < 1.29 is 22.0 Å². The van der Waals surface area contributed by atoms with Crippen molar-refractivity contribution in [3.63, 3.8) is 0 Å². The molecule has 2 nitrogen and oxygen atoms in total. The van der Waals surface area contributed by atoms with Gasteiger partial charge in [-0.3, -0.25) is 0 Å². The summed E-state index contributed by atoms with van der Waals surface area (Å²) in [5.74, 6) is -4.57. The second-order valence-corrected chi connectivity index (χ2v) is 5.26. The Labute approximate surface area is 145 Å². The Hall–Kier alpha value is -3.22. The molecule has 0 radical (unpaired) electrons. The Bertz CT molecular complexity index is 928. The minimum absolute atomic E-state index is 0.178. The van der Waals surface area contributed by atoms with Gasteiger partial charge in [0, 0.05) is 5.56 Å². The third-order valence-electron chi connectivity index (χ3n) is 3.48. The van der Waals surface area contributed by atoms with Crippen molar-refractivity contribution in [2.24, 2.45) is 4.99 Å². The van der Waals surface area contributed by atoms with Crippen molar-refractivity contribution in [3.05, 3.63) is 95.3 Å². The molecule has 0 atom stereocenters. The molecule has 0 bridgehead atoms. The third kappa shape index (κ3) is 3.72. The van der Waals surface area contributed by atoms with E-state index < -0.39 is 40.5 Å². The number of rotatable bonds is 3. The van der Waals surface area contributed by atoms with Crippen molar-refractivity contribution in [2.45, 2.75) is 0 Å². The fraction of sp³-hybridized carbons (Fsp3) is 0. The number of hydrogen-bond acceptors (Lipinski definition) is 1. The summed E-state index contributed by atoms with van der Waals surface area (Å²) in [6.45, 7) is 0. The lowest BCUT2D eigenvalue weighted by molar-refractivity contribution is 0.587. The van der Waals surface area contributed by atoms with Crippen molar-refractivity contribution in [1.82, 2.24) is 0 Å². The van der Waals surface area contributed by atoms with Gasteiger partial charge in [-0.25, -0.2) is 26.9 Å². The van der Waals surface area contributed by atoms with Crippen LogP contribution in [0, 0.1) is 29.1 Å². The Morgan fingerprint density at radius 1 is 0.654 bits per heavy atom. The molecule has 0 unspecified atom stereocenters. The van der Waals surface area contributed by atoms with Gasteiger partial charge in [0.15, 0.2) is 11.6 Å². The van der Waals surface area contributed by atoms with Crippen LogP contribution >= 0.6 is 0 Å². The number of aliphatic imine (C=N–C) groups is 1. The van der Waals surface area contributed by atoms with Crippen LogP contribution in [0.1, 0.15) is 5.56 Å². The molecule has 3 rings (SSSR count). The first-order valence-electron chi connectivity index (χ1n) is 7.45. The Balaban J connectivity index is 2.14. The van der Waals surface area contributed by atoms with E-state index in [0.717, 1.165) is 42.5 Å². The predicted molar refractivity (Wildman–Crippen MR) is 88.9 cm³/mol. The Morgan fingerprint density at radius 3 is 1.69 bits per heavy atom. The second-order valence-electron chi connectivity index (χ2n) is 5.26. The van der Waals surface area contributed by atoms with Gasteiger partial charge in [-0.15, -0.1) is 0 Å². The SMILES string of the molecule is Fc1ccc(C(=Nc2c(F)cccc2F)Nc2c(F)cccc2F)cc1. The molecular formula is C19H11F5N2. The normalized spacial score (nSPS) is 11.5. The molecule has 0 aliphatic rings. The van der Waals surface area contributed by atoms with E-state index in [9.17, 15) is 22.0 Å². The van der Waals surface area contributed by atoms with Crippen LogP contribution < -0.4 is 5.32 Å². The first-order valence-corrected chi connectivity index (χ1v) is 7.45. The molecule has 3 aromatic rings. The van der Waals surface area contributed by atoms with Crippen molar-refractivity contribution >= 4 is 17.2 Å². The number of anilines is 1. The van der Waals surface area contributed by atoms with Gasteiger partial charge >= 0.3 is 0 Å². The van der Waals surface area contributed by atoms with Gasteiger partial charge in [-0.2, -0.15) is 0 Å². The van der Waals surface area contributed by atoms with E-state index in [1.807, 2.05) is 0 Å². The molecule has 0 saturated carbocycles. The first kappa shape index (κ1) is 17.6. The number of halogens is 5. The van der Waals surface area contributed by atoms with Gasteiger partial charge < -0.3 is 5.32 Å². The smallest absolute Gasteiger partial charge is 0.151 e. The Kier molecular flexibility index (Phi) is 4.97. The lowest BCUT2D eigenvalue weighted by Gasteiger charge is -2.12. The van der Waals surface area contributed by atoms with Gasteiger partial charge in [0.1, 0.15) is 34.7 Å².